The quantitative estimate of drug-likeness (QED) is 0.329. The molecule has 0 atom stereocenters. The predicted molar refractivity (Wildman–Crippen MR) is 132 cm³/mol. The highest BCUT2D eigenvalue weighted by Crippen LogP contribution is 2.34. The number of thioether (sulfide) groups is 1. The van der Waals surface area contributed by atoms with E-state index in [1.165, 1.54) is 56.7 Å². The molecule has 6 nitrogen and oxygen atoms in total. The zero-order valence-electron chi connectivity index (χ0n) is 18.3. The first-order valence-corrected chi connectivity index (χ1v) is 11.5. The molecule has 2 rings (SSSR count). The van der Waals surface area contributed by atoms with Crippen molar-refractivity contribution in [2.45, 2.75) is 64.0 Å². The molecule has 1 amide bonds. The number of aliphatic imine (C=N–C) groups is 1. The number of hydrogen-bond donors (Lipinski definition) is 2. The maximum atomic E-state index is 12.3. The largest absolute Gasteiger partial charge is 0.354 e. The molecule has 0 aromatic rings. The van der Waals surface area contributed by atoms with E-state index in [4.69, 9.17) is 0 Å². The van der Waals surface area contributed by atoms with Crippen LogP contribution in [0.5, 0.6) is 0 Å². The Bertz CT molecular complexity index is 511. The van der Waals surface area contributed by atoms with Crippen LogP contribution >= 0.6 is 35.7 Å². The van der Waals surface area contributed by atoms with Crippen LogP contribution < -0.4 is 10.6 Å². The van der Waals surface area contributed by atoms with Crippen LogP contribution in [0.1, 0.15) is 52.9 Å². The number of halogens is 1. The highest BCUT2D eigenvalue weighted by molar-refractivity contribution is 14.0. The number of carbonyl (C=O) groups is 1. The van der Waals surface area contributed by atoms with Gasteiger partial charge in [-0.25, -0.2) is 0 Å². The summed E-state index contributed by atoms with van der Waals surface area (Å²) in [5.74, 6) is 3.30. The van der Waals surface area contributed by atoms with E-state index in [1.807, 2.05) is 32.7 Å². The van der Waals surface area contributed by atoms with Crippen molar-refractivity contribution in [3.05, 3.63) is 0 Å². The Hall–Kier alpha value is -0.220. The van der Waals surface area contributed by atoms with E-state index in [0.29, 0.717) is 6.54 Å². The summed E-state index contributed by atoms with van der Waals surface area (Å²) < 4.78 is 0. The number of likely N-dealkylation sites (N-methyl/N-ethyl adjacent to an activating group) is 1. The Kier molecular flexibility index (Phi) is 10.9. The zero-order valence-corrected chi connectivity index (χ0v) is 21.5. The summed E-state index contributed by atoms with van der Waals surface area (Å²) in [6, 6.07) is 0. The van der Waals surface area contributed by atoms with Crippen LogP contribution in [0.2, 0.25) is 0 Å². The first-order chi connectivity index (χ1) is 12.8. The second kappa shape index (κ2) is 11.8. The Balaban J connectivity index is 0.00000392. The van der Waals surface area contributed by atoms with E-state index < -0.39 is 0 Å². The molecule has 1 saturated carbocycles. The molecule has 1 aliphatic heterocycles. The van der Waals surface area contributed by atoms with Crippen molar-refractivity contribution in [1.82, 2.24) is 20.4 Å². The number of carbonyl (C=O) groups excluding carboxylic acids is 1. The van der Waals surface area contributed by atoms with Crippen LogP contribution in [0.3, 0.4) is 0 Å². The van der Waals surface area contributed by atoms with Gasteiger partial charge in [0.15, 0.2) is 5.96 Å². The van der Waals surface area contributed by atoms with Gasteiger partial charge in [-0.3, -0.25) is 14.7 Å². The van der Waals surface area contributed by atoms with Crippen LogP contribution in [-0.2, 0) is 4.79 Å². The average Bonchev–Trinajstić information content (AvgIpc) is 2.62. The first-order valence-electron chi connectivity index (χ1n) is 10.3. The predicted octanol–water partition coefficient (Wildman–Crippen LogP) is 2.78. The number of nitrogens with zero attached hydrogens (tertiary/aromatic N) is 3. The summed E-state index contributed by atoms with van der Waals surface area (Å²) in [6.07, 6.45) is 6.50. The molecule has 164 valence electrons. The smallest absolute Gasteiger partial charge is 0.240 e. The van der Waals surface area contributed by atoms with Gasteiger partial charge in [0.05, 0.1) is 6.54 Å². The summed E-state index contributed by atoms with van der Waals surface area (Å²) in [6.45, 7) is 9.61. The normalized spacial score (nSPS) is 20.8. The molecule has 0 radical (unpaired) electrons. The van der Waals surface area contributed by atoms with Gasteiger partial charge in [-0.1, -0.05) is 19.3 Å². The Morgan fingerprint density at radius 3 is 2.32 bits per heavy atom. The molecule has 0 unspecified atom stereocenters. The van der Waals surface area contributed by atoms with Gasteiger partial charge in [-0.15, -0.1) is 24.0 Å². The number of nitrogens with one attached hydrogen (secondary N) is 2. The topological polar surface area (TPSA) is 60.0 Å². The molecule has 2 N–H and O–H groups in total. The molecular weight excluding hydrogens is 485 g/mol. The molecule has 0 bridgehead atoms. The molecule has 2 fully saturated rings. The van der Waals surface area contributed by atoms with Gasteiger partial charge < -0.3 is 15.5 Å². The van der Waals surface area contributed by atoms with E-state index in [-0.39, 0.29) is 41.0 Å². The van der Waals surface area contributed by atoms with E-state index in [2.05, 4.69) is 32.3 Å². The third kappa shape index (κ3) is 7.89. The van der Waals surface area contributed by atoms with Gasteiger partial charge in [0.25, 0.3) is 0 Å². The zero-order chi connectivity index (χ0) is 19.9. The maximum Gasteiger partial charge on any atom is 0.240 e. The van der Waals surface area contributed by atoms with Crippen molar-refractivity contribution in [3.8, 4) is 0 Å². The highest BCUT2D eigenvalue weighted by Gasteiger charge is 2.38. The number of amides is 1. The summed E-state index contributed by atoms with van der Waals surface area (Å²) >= 11 is 2.07. The number of guanidine groups is 1. The van der Waals surface area contributed by atoms with E-state index in [1.54, 1.807) is 7.05 Å². The lowest BCUT2D eigenvalue weighted by molar-refractivity contribution is -0.122. The fraction of sp³-hybridized carbons (Fsp3) is 0.900. The van der Waals surface area contributed by atoms with Crippen molar-refractivity contribution in [3.63, 3.8) is 0 Å². The third-order valence-corrected chi connectivity index (χ3v) is 6.45. The van der Waals surface area contributed by atoms with Crippen LogP contribution in [0, 0.1) is 0 Å². The fourth-order valence-corrected chi connectivity index (χ4v) is 5.13. The summed E-state index contributed by atoms with van der Waals surface area (Å²) in [7, 11) is 3.73. The fourth-order valence-electron chi connectivity index (χ4n) is 4.23. The average molecular weight is 526 g/mol. The third-order valence-electron chi connectivity index (χ3n) is 5.51. The van der Waals surface area contributed by atoms with Crippen molar-refractivity contribution in [1.29, 1.82) is 0 Å². The molecule has 8 heteroatoms. The minimum atomic E-state index is -0.215. The highest BCUT2D eigenvalue weighted by atomic mass is 127. The lowest BCUT2D eigenvalue weighted by Gasteiger charge is -2.48. The molecular formula is C20H40IN5OS. The second-order valence-electron chi connectivity index (χ2n) is 8.94. The Morgan fingerprint density at radius 1 is 1.18 bits per heavy atom. The molecule has 1 heterocycles. The number of rotatable bonds is 5. The van der Waals surface area contributed by atoms with Crippen molar-refractivity contribution in [2.24, 2.45) is 4.99 Å². The van der Waals surface area contributed by atoms with Gasteiger partial charge in [0, 0.05) is 56.3 Å². The Morgan fingerprint density at radius 2 is 1.79 bits per heavy atom. The van der Waals surface area contributed by atoms with E-state index in [9.17, 15) is 4.79 Å². The molecule has 1 aliphatic carbocycles. The van der Waals surface area contributed by atoms with Crippen LogP contribution in [0.4, 0.5) is 0 Å². The van der Waals surface area contributed by atoms with E-state index >= 15 is 0 Å². The number of hydrogen-bond acceptors (Lipinski definition) is 4. The monoisotopic (exact) mass is 525 g/mol. The van der Waals surface area contributed by atoms with Crippen molar-refractivity contribution >= 4 is 47.6 Å². The maximum absolute atomic E-state index is 12.3. The molecule has 0 aromatic heterocycles. The minimum Gasteiger partial charge on any atom is -0.354 e. The molecule has 2 aliphatic rings. The van der Waals surface area contributed by atoms with Gasteiger partial charge in [0.2, 0.25) is 5.91 Å². The SMILES string of the molecule is CN=C(NCC1(N2CCSCC2)CCCCC1)N(C)CC(=O)NC(C)(C)C.I. The van der Waals surface area contributed by atoms with Gasteiger partial charge in [-0.2, -0.15) is 11.8 Å². The molecule has 0 spiro atoms. The van der Waals surface area contributed by atoms with Gasteiger partial charge >= 0.3 is 0 Å². The van der Waals surface area contributed by atoms with E-state index in [0.717, 1.165) is 12.5 Å². The van der Waals surface area contributed by atoms with Crippen LogP contribution in [0.15, 0.2) is 4.99 Å². The van der Waals surface area contributed by atoms with Crippen molar-refractivity contribution < 1.29 is 4.79 Å². The lowest BCUT2D eigenvalue weighted by atomic mass is 9.80. The summed E-state index contributed by atoms with van der Waals surface area (Å²) in [5, 5.41) is 6.61. The standard InChI is InChI=1S/C20H39N5OS.HI/c1-19(2,3)23-17(26)15-24(5)18(21-4)22-16-20(9-7-6-8-10-20)25-11-13-27-14-12-25;/h6-16H2,1-5H3,(H,21,22)(H,23,26);1H. The van der Waals surface area contributed by atoms with Gasteiger partial charge in [0.1, 0.15) is 0 Å². The van der Waals surface area contributed by atoms with Crippen LogP contribution in [0.25, 0.3) is 0 Å². The Labute approximate surface area is 193 Å². The second-order valence-corrected chi connectivity index (χ2v) is 10.2. The van der Waals surface area contributed by atoms with Gasteiger partial charge in [-0.05, 0) is 33.6 Å². The molecule has 1 saturated heterocycles. The summed E-state index contributed by atoms with van der Waals surface area (Å²) in [4.78, 5) is 21.3. The lowest BCUT2D eigenvalue weighted by Crippen LogP contribution is -2.60. The molecule has 0 aromatic carbocycles. The summed E-state index contributed by atoms with van der Waals surface area (Å²) in [5.41, 5.74) is 0.0248. The minimum absolute atomic E-state index is 0. The van der Waals surface area contributed by atoms with Crippen LogP contribution in [-0.4, -0.2) is 84.5 Å². The van der Waals surface area contributed by atoms with Crippen molar-refractivity contribution in [2.75, 3.05) is 51.8 Å². The first kappa shape index (κ1) is 25.8. The molecule has 28 heavy (non-hydrogen) atoms.